The largest absolute Gasteiger partial charge is 0.317 e. The Morgan fingerprint density at radius 1 is 1.03 bits per heavy atom. The van der Waals surface area contributed by atoms with Crippen LogP contribution in [0.4, 0.5) is 0 Å². The van der Waals surface area contributed by atoms with Crippen LogP contribution in [0.3, 0.4) is 0 Å². The van der Waals surface area contributed by atoms with Crippen molar-refractivity contribution >= 4 is 0 Å². The van der Waals surface area contributed by atoms with Gasteiger partial charge in [-0.1, -0.05) is 81.4 Å². The van der Waals surface area contributed by atoms with Crippen LogP contribution in [0.15, 0.2) is 47.1 Å². The van der Waals surface area contributed by atoms with Gasteiger partial charge in [0, 0.05) is 0 Å². The standard InChI is InChI=1S/C31H51N/c1-5-24(3)13-10-12-20-32-19-11-8-7-9-14-28-22-30-23-29(21-25(4)31(28)30)27-17-15-26(6-2)16-18-27/h5,13,23,26-29,32H,1,6-12,14-22H2,2-4H3/b24-13-/t26?,27?,28?,29-/m1/s1. The first-order chi connectivity index (χ1) is 15.6. The quantitative estimate of drug-likeness (QED) is 0.211. The third kappa shape index (κ3) is 7.47. The molecule has 2 saturated carbocycles. The van der Waals surface area contributed by atoms with E-state index in [1.54, 1.807) is 16.7 Å². The normalized spacial score (nSPS) is 28.2. The molecule has 0 bridgehead atoms. The topological polar surface area (TPSA) is 12.0 Å². The third-order valence-electron chi connectivity index (χ3n) is 8.71. The molecule has 3 rings (SSSR count). The van der Waals surface area contributed by atoms with E-state index in [4.69, 9.17) is 0 Å². The fraction of sp³-hybridized carbons (Fsp3) is 0.742. The van der Waals surface area contributed by atoms with E-state index in [0.29, 0.717) is 0 Å². The Bertz CT molecular complexity index is 671. The summed E-state index contributed by atoms with van der Waals surface area (Å²) in [7, 11) is 0. The van der Waals surface area contributed by atoms with Gasteiger partial charge in [0.1, 0.15) is 0 Å². The summed E-state index contributed by atoms with van der Waals surface area (Å²) in [5.74, 6) is 3.75. The lowest BCUT2D eigenvalue weighted by Crippen LogP contribution is -2.29. The lowest BCUT2D eigenvalue weighted by molar-refractivity contribution is 0.220. The molecule has 0 saturated heterocycles. The van der Waals surface area contributed by atoms with E-state index in [9.17, 15) is 0 Å². The van der Waals surface area contributed by atoms with Crippen molar-refractivity contribution in [1.29, 1.82) is 0 Å². The summed E-state index contributed by atoms with van der Waals surface area (Å²) < 4.78 is 0. The molecule has 3 aliphatic rings. The zero-order valence-corrected chi connectivity index (χ0v) is 21.6. The molecule has 0 heterocycles. The van der Waals surface area contributed by atoms with Crippen LogP contribution in [0, 0.1) is 23.7 Å². The summed E-state index contributed by atoms with van der Waals surface area (Å²) in [4.78, 5) is 0. The van der Waals surface area contributed by atoms with Crippen molar-refractivity contribution in [3.63, 3.8) is 0 Å². The molecule has 0 aromatic heterocycles. The number of unbranched alkanes of at least 4 members (excludes halogenated alkanes) is 4. The van der Waals surface area contributed by atoms with Crippen LogP contribution in [0.5, 0.6) is 0 Å². The van der Waals surface area contributed by atoms with Crippen LogP contribution in [0.2, 0.25) is 0 Å². The van der Waals surface area contributed by atoms with Gasteiger partial charge in [0.15, 0.2) is 0 Å². The summed E-state index contributed by atoms with van der Waals surface area (Å²) in [5.41, 5.74) is 6.60. The third-order valence-corrected chi connectivity index (χ3v) is 8.71. The van der Waals surface area contributed by atoms with Crippen LogP contribution in [0.1, 0.15) is 111 Å². The summed E-state index contributed by atoms with van der Waals surface area (Å²) in [6, 6.07) is 0. The molecule has 180 valence electrons. The van der Waals surface area contributed by atoms with Crippen molar-refractivity contribution in [1.82, 2.24) is 5.32 Å². The summed E-state index contributed by atoms with van der Waals surface area (Å²) in [5, 5.41) is 3.61. The molecule has 32 heavy (non-hydrogen) atoms. The Morgan fingerprint density at radius 3 is 2.50 bits per heavy atom. The van der Waals surface area contributed by atoms with E-state index in [-0.39, 0.29) is 0 Å². The summed E-state index contributed by atoms with van der Waals surface area (Å²) in [6.07, 6.45) is 26.4. The lowest BCUT2D eigenvalue weighted by atomic mass is 9.62. The van der Waals surface area contributed by atoms with E-state index in [1.807, 2.05) is 6.08 Å². The van der Waals surface area contributed by atoms with Crippen LogP contribution < -0.4 is 5.32 Å². The highest BCUT2D eigenvalue weighted by molar-refractivity contribution is 5.48. The average Bonchev–Trinajstić information content (AvgIpc) is 2.79. The highest BCUT2D eigenvalue weighted by atomic mass is 14.8. The zero-order chi connectivity index (χ0) is 22.8. The predicted octanol–water partition coefficient (Wildman–Crippen LogP) is 8.94. The second kappa shape index (κ2) is 13.6. The molecule has 2 atom stereocenters. The molecular formula is C31H51N. The fourth-order valence-electron chi connectivity index (χ4n) is 6.50. The van der Waals surface area contributed by atoms with E-state index >= 15 is 0 Å². The van der Waals surface area contributed by atoms with Crippen molar-refractivity contribution in [2.75, 3.05) is 13.1 Å². The highest BCUT2D eigenvalue weighted by Gasteiger charge is 2.36. The molecule has 3 aliphatic carbocycles. The number of nitrogens with one attached hydrogen (secondary N) is 1. The highest BCUT2D eigenvalue weighted by Crippen LogP contribution is 2.51. The molecule has 0 amide bonds. The van der Waals surface area contributed by atoms with Crippen LogP contribution in [-0.4, -0.2) is 13.1 Å². The van der Waals surface area contributed by atoms with E-state index in [1.165, 1.54) is 102 Å². The van der Waals surface area contributed by atoms with Gasteiger partial charge in [-0.2, -0.15) is 0 Å². The average molecular weight is 438 g/mol. The zero-order valence-electron chi connectivity index (χ0n) is 21.6. The van der Waals surface area contributed by atoms with Gasteiger partial charge in [0.05, 0.1) is 0 Å². The molecule has 0 aromatic rings. The minimum atomic E-state index is 0.863. The van der Waals surface area contributed by atoms with E-state index in [0.717, 1.165) is 30.2 Å². The fourth-order valence-corrected chi connectivity index (χ4v) is 6.50. The Hall–Kier alpha value is -1.08. The van der Waals surface area contributed by atoms with E-state index < -0.39 is 0 Å². The summed E-state index contributed by atoms with van der Waals surface area (Å²) in [6.45, 7) is 13.1. The monoisotopic (exact) mass is 437 g/mol. The first kappa shape index (κ1) is 25.5. The molecule has 1 unspecified atom stereocenters. The van der Waals surface area contributed by atoms with Gasteiger partial charge in [-0.3, -0.25) is 0 Å². The molecule has 1 N–H and O–H groups in total. The Kier molecular flexibility index (Phi) is 10.8. The number of hydrogen-bond donors (Lipinski definition) is 1. The molecule has 0 aromatic carbocycles. The van der Waals surface area contributed by atoms with Crippen LogP contribution in [0.25, 0.3) is 0 Å². The van der Waals surface area contributed by atoms with Gasteiger partial charge >= 0.3 is 0 Å². The molecule has 1 heteroatoms. The molecule has 0 spiro atoms. The van der Waals surface area contributed by atoms with Crippen molar-refractivity contribution in [2.24, 2.45) is 23.7 Å². The second-order valence-electron chi connectivity index (χ2n) is 11.1. The Morgan fingerprint density at radius 2 is 1.78 bits per heavy atom. The first-order valence-electron chi connectivity index (χ1n) is 14.0. The van der Waals surface area contributed by atoms with Gasteiger partial charge in [-0.05, 0) is 113 Å². The van der Waals surface area contributed by atoms with Gasteiger partial charge in [-0.25, -0.2) is 0 Å². The van der Waals surface area contributed by atoms with Crippen molar-refractivity contribution in [3.05, 3.63) is 47.1 Å². The van der Waals surface area contributed by atoms with Crippen molar-refractivity contribution in [2.45, 2.75) is 111 Å². The smallest absolute Gasteiger partial charge is 0.00460 e. The first-order valence-corrected chi connectivity index (χ1v) is 14.0. The predicted molar refractivity (Wildman–Crippen MR) is 142 cm³/mol. The van der Waals surface area contributed by atoms with Crippen molar-refractivity contribution in [3.8, 4) is 0 Å². The van der Waals surface area contributed by atoms with Gasteiger partial charge in [0.2, 0.25) is 0 Å². The SMILES string of the molecule is C=C/C(C)=C\CCCNCCCCCCC1CC2=C[C@H](C3CCC(CC)CC3)CC(C)=C21. The maximum atomic E-state index is 3.80. The Labute approximate surface area is 199 Å². The lowest BCUT2D eigenvalue weighted by Gasteiger charge is -2.42. The van der Waals surface area contributed by atoms with Crippen molar-refractivity contribution < 1.29 is 0 Å². The summed E-state index contributed by atoms with van der Waals surface area (Å²) >= 11 is 0. The van der Waals surface area contributed by atoms with Crippen LogP contribution in [-0.2, 0) is 0 Å². The van der Waals surface area contributed by atoms with E-state index in [2.05, 4.69) is 44.8 Å². The van der Waals surface area contributed by atoms with Crippen LogP contribution >= 0.6 is 0 Å². The maximum Gasteiger partial charge on any atom is -0.00460 e. The molecule has 1 nitrogen and oxygen atoms in total. The van der Waals surface area contributed by atoms with Gasteiger partial charge in [0.25, 0.3) is 0 Å². The number of rotatable bonds is 14. The number of hydrogen-bond acceptors (Lipinski definition) is 1. The number of allylic oxidation sites excluding steroid dienone is 7. The minimum absolute atomic E-state index is 0.863. The number of fused-ring (bicyclic) bond motifs is 1. The maximum absolute atomic E-state index is 3.80. The molecule has 0 radical (unpaired) electrons. The molecular weight excluding hydrogens is 386 g/mol. The Balaban J connectivity index is 1.23. The molecule has 0 aliphatic heterocycles. The minimum Gasteiger partial charge on any atom is -0.317 e. The molecule has 2 fully saturated rings. The van der Waals surface area contributed by atoms with Gasteiger partial charge in [-0.15, -0.1) is 0 Å². The second-order valence-corrected chi connectivity index (χ2v) is 11.1. The van der Waals surface area contributed by atoms with Gasteiger partial charge < -0.3 is 5.32 Å².